The third kappa shape index (κ3) is 3.78. The lowest BCUT2D eigenvalue weighted by Crippen LogP contribution is -2.35. The zero-order valence-electron chi connectivity index (χ0n) is 11.3. The fourth-order valence-electron chi connectivity index (χ4n) is 2.66. The van der Waals surface area contributed by atoms with Crippen LogP contribution in [0.2, 0.25) is 0 Å². The van der Waals surface area contributed by atoms with Crippen LogP contribution in [-0.2, 0) is 20.8 Å². The molecule has 2 fully saturated rings. The molecular weight excluding hydrogens is 240 g/mol. The molecule has 0 aromatic heterocycles. The third-order valence-electron chi connectivity index (χ3n) is 3.93. The normalized spacial score (nSPS) is 30.2. The van der Waals surface area contributed by atoms with Crippen LogP contribution in [0.3, 0.4) is 0 Å². The summed E-state index contributed by atoms with van der Waals surface area (Å²) in [6.07, 6.45) is 4.92. The molecule has 1 unspecified atom stereocenters. The summed E-state index contributed by atoms with van der Waals surface area (Å²) < 4.78 is 17.1. The minimum Gasteiger partial charge on any atom is -0.374 e. The van der Waals surface area contributed by atoms with E-state index in [9.17, 15) is 0 Å². The van der Waals surface area contributed by atoms with Crippen molar-refractivity contribution in [3.8, 4) is 0 Å². The molecule has 1 saturated heterocycles. The van der Waals surface area contributed by atoms with Gasteiger partial charge in [-0.1, -0.05) is 30.3 Å². The van der Waals surface area contributed by atoms with E-state index < -0.39 is 0 Å². The van der Waals surface area contributed by atoms with Gasteiger partial charge < -0.3 is 14.2 Å². The van der Waals surface area contributed by atoms with Gasteiger partial charge in [-0.05, 0) is 30.7 Å². The van der Waals surface area contributed by atoms with Gasteiger partial charge in [-0.25, -0.2) is 0 Å². The number of ether oxygens (including phenoxy) is 3. The molecule has 1 heterocycles. The molecule has 1 aromatic rings. The van der Waals surface area contributed by atoms with E-state index in [1.54, 1.807) is 0 Å². The van der Waals surface area contributed by atoms with Crippen molar-refractivity contribution in [3.05, 3.63) is 35.9 Å². The smallest absolute Gasteiger partial charge is 0.157 e. The molecule has 1 aliphatic heterocycles. The number of hydrogen-bond acceptors (Lipinski definition) is 3. The van der Waals surface area contributed by atoms with Crippen molar-refractivity contribution >= 4 is 0 Å². The van der Waals surface area contributed by atoms with Crippen molar-refractivity contribution in [2.24, 2.45) is 5.92 Å². The molecule has 1 aromatic carbocycles. The molecule has 3 heteroatoms. The van der Waals surface area contributed by atoms with E-state index >= 15 is 0 Å². The van der Waals surface area contributed by atoms with Crippen LogP contribution in [-0.4, -0.2) is 25.6 Å². The minimum absolute atomic E-state index is 0.0595. The average molecular weight is 262 g/mol. The van der Waals surface area contributed by atoms with Gasteiger partial charge in [0, 0.05) is 13.0 Å². The van der Waals surface area contributed by atoms with Crippen molar-refractivity contribution in [1.82, 2.24) is 0 Å². The zero-order chi connectivity index (χ0) is 12.9. The predicted octanol–water partition coefficient (Wildman–Crippen LogP) is 3.13. The second kappa shape index (κ2) is 6.51. The quantitative estimate of drug-likeness (QED) is 0.788. The Labute approximate surface area is 114 Å². The Morgan fingerprint density at radius 2 is 1.95 bits per heavy atom. The predicted molar refractivity (Wildman–Crippen MR) is 72.7 cm³/mol. The van der Waals surface area contributed by atoms with E-state index in [0.717, 1.165) is 45.5 Å². The summed E-state index contributed by atoms with van der Waals surface area (Å²) in [4.78, 5) is 0. The maximum absolute atomic E-state index is 5.88. The van der Waals surface area contributed by atoms with Crippen LogP contribution in [0.1, 0.15) is 31.2 Å². The SMILES string of the molecule is c1ccc(COC2CC(COC3CCCO3)C2)cc1. The fourth-order valence-corrected chi connectivity index (χ4v) is 2.66. The van der Waals surface area contributed by atoms with E-state index in [0.29, 0.717) is 12.0 Å². The molecule has 1 aliphatic carbocycles. The van der Waals surface area contributed by atoms with Crippen LogP contribution < -0.4 is 0 Å². The maximum Gasteiger partial charge on any atom is 0.157 e. The molecule has 0 amide bonds. The molecule has 1 saturated carbocycles. The first-order valence-corrected chi connectivity index (χ1v) is 7.29. The summed E-state index contributed by atoms with van der Waals surface area (Å²) in [6, 6.07) is 10.4. The Bertz CT molecular complexity index is 367. The summed E-state index contributed by atoms with van der Waals surface area (Å²) in [5.41, 5.74) is 1.25. The Kier molecular flexibility index (Phi) is 4.49. The molecule has 3 rings (SSSR count). The van der Waals surface area contributed by atoms with Gasteiger partial charge in [-0.15, -0.1) is 0 Å². The van der Waals surface area contributed by atoms with Gasteiger partial charge in [-0.2, -0.15) is 0 Å². The van der Waals surface area contributed by atoms with Crippen LogP contribution in [0.25, 0.3) is 0 Å². The third-order valence-corrected chi connectivity index (χ3v) is 3.93. The molecule has 0 spiro atoms. The lowest BCUT2D eigenvalue weighted by Gasteiger charge is -2.35. The van der Waals surface area contributed by atoms with Gasteiger partial charge in [0.1, 0.15) is 0 Å². The summed E-state index contributed by atoms with van der Waals surface area (Å²) in [5, 5.41) is 0. The first-order valence-electron chi connectivity index (χ1n) is 7.29. The molecule has 0 N–H and O–H groups in total. The van der Waals surface area contributed by atoms with Gasteiger partial charge >= 0.3 is 0 Å². The monoisotopic (exact) mass is 262 g/mol. The topological polar surface area (TPSA) is 27.7 Å². The Balaban J connectivity index is 1.28. The van der Waals surface area contributed by atoms with Gasteiger partial charge in [-0.3, -0.25) is 0 Å². The summed E-state index contributed by atoms with van der Waals surface area (Å²) in [5.74, 6) is 0.657. The summed E-state index contributed by atoms with van der Waals surface area (Å²) >= 11 is 0. The Morgan fingerprint density at radius 3 is 2.68 bits per heavy atom. The second-order valence-corrected chi connectivity index (χ2v) is 5.53. The highest BCUT2D eigenvalue weighted by Crippen LogP contribution is 2.31. The number of benzene rings is 1. The first kappa shape index (κ1) is 13.1. The molecule has 0 radical (unpaired) electrons. The molecule has 2 aliphatic rings. The van der Waals surface area contributed by atoms with Crippen molar-refractivity contribution < 1.29 is 14.2 Å². The van der Waals surface area contributed by atoms with Crippen LogP contribution in [0.5, 0.6) is 0 Å². The minimum atomic E-state index is 0.0595. The van der Waals surface area contributed by atoms with E-state index in [4.69, 9.17) is 14.2 Å². The van der Waals surface area contributed by atoms with Gasteiger partial charge in [0.15, 0.2) is 6.29 Å². The van der Waals surface area contributed by atoms with E-state index in [1.807, 2.05) is 6.07 Å². The zero-order valence-corrected chi connectivity index (χ0v) is 11.3. The lowest BCUT2D eigenvalue weighted by atomic mass is 9.83. The van der Waals surface area contributed by atoms with Crippen LogP contribution in [0, 0.1) is 5.92 Å². The fraction of sp³-hybridized carbons (Fsp3) is 0.625. The molecule has 19 heavy (non-hydrogen) atoms. The van der Waals surface area contributed by atoms with Crippen molar-refractivity contribution in [3.63, 3.8) is 0 Å². The summed E-state index contributed by atoms with van der Waals surface area (Å²) in [6.45, 7) is 2.42. The first-order chi connectivity index (χ1) is 9.40. The molecule has 0 bridgehead atoms. The molecule has 104 valence electrons. The van der Waals surface area contributed by atoms with Crippen molar-refractivity contribution in [2.75, 3.05) is 13.2 Å². The molecule has 3 nitrogen and oxygen atoms in total. The molecule has 1 atom stereocenters. The standard InChI is InChI=1S/C16H22O3/c1-2-5-13(6-3-1)11-18-15-9-14(10-15)12-19-16-7-4-8-17-16/h1-3,5-6,14-16H,4,7-12H2. The highest BCUT2D eigenvalue weighted by atomic mass is 16.7. The second-order valence-electron chi connectivity index (χ2n) is 5.53. The van der Waals surface area contributed by atoms with E-state index in [2.05, 4.69) is 24.3 Å². The molecular formula is C16H22O3. The number of rotatable bonds is 6. The van der Waals surface area contributed by atoms with Gasteiger partial charge in [0.2, 0.25) is 0 Å². The van der Waals surface area contributed by atoms with Crippen LogP contribution in [0.4, 0.5) is 0 Å². The highest BCUT2D eigenvalue weighted by molar-refractivity contribution is 5.13. The number of hydrogen-bond donors (Lipinski definition) is 0. The summed E-state index contributed by atoms with van der Waals surface area (Å²) in [7, 11) is 0. The largest absolute Gasteiger partial charge is 0.374 e. The maximum atomic E-state index is 5.88. The highest BCUT2D eigenvalue weighted by Gasteiger charge is 2.31. The van der Waals surface area contributed by atoms with Crippen LogP contribution in [0.15, 0.2) is 30.3 Å². The van der Waals surface area contributed by atoms with Crippen molar-refractivity contribution in [1.29, 1.82) is 0 Å². The van der Waals surface area contributed by atoms with Gasteiger partial charge in [0.05, 0.1) is 19.3 Å². The van der Waals surface area contributed by atoms with Gasteiger partial charge in [0.25, 0.3) is 0 Å². The van der Waals surface area contributed by atoms with Crippen LogP contribution >= 0.6 is 0 Å². The Morgan fingerprint density at radius 1 is 1.11 bits per heavy atom. The average Bonchev–Trinajstić information content (AvgIpc) is 2.91. The lowest BCUT2D eigenvalue weighted by molar-refractivity contribution is -0.141. The van der Waals surface area contributed by atoms with E-state index in [-0.39, 0.29) is 6.29 Å². The Hall–Kier alpha value is -0.900. The van der Waals surface area contributed by atoms with Crippen molar-refractivity contribution in [2.45, 2.75) is 44.7 Å². The van der Waals surface area contributed by atoms with E-state index in [1.165, 1.54) is 5.56 Å².